The molecule has 0 saturated carbocycles. The van der Waals surface area contributed by atoms with Gasteiger partial charge in [-0.25, -0.2) is 0 Å². The molecule has 0 aliphatic rings. The highest BCUT2D eigenvalue weighted by molar-refractivity contribution is 6.31. The van der Waals surface area contributed by atoms with Crippen molar-refractivity contribution in [2.45, 2.75) is 20.0 Å². The van der Waals surface area contributed by atoms with Crippen LogP contribution in [0.5, 0.6) is 0 Å². The van der Waals surface area contributed by atoms with Crippen molar-refractivity contribution in [3.05, 3.63) is 70.5 Å². The highest BCUT2D eigenvalue weighted by Gasteiger charge is 2.14. The highest BCUT2D eigenvalue weighted by Crippen LogP contribution is 2.19. The molecule has 0 atom stereocenters. The molecular formula is C19H21ClN6O. The maximum absolute atomic E-state index is 12.7. The number of benzene rings is 2. The van der Waals surface area contributed by atoms with Crippen molar-refractivity contribution >= 4 is 17.5 Å². The molecule has 0 bridgehead atoms. The van der Waals surface area contributed by atoms with Crippen molar-refractivity contribution in [3.8, 4) is 5.69 Å². The Bertz CT molecular complexity index is 912. The van der Waals surface area contributed by atoms with Crippen molar-refractivity contribution in [3.63, 3.8) is 0 Å². The third kappa shape index (κ3) is 4.90. The van der Waals surface area contributed by atoms with Crippen molar-refractivity contribution in [1.29, 1.82) is 0 Å². The summed E-state index contributed by atoms with van der Waals surface area (Å²) in [6.45, 7) is 4.40. The first-order valence-electron chi connectivity index (χ1n) is 8.64. The monoisotopic (exact) mass is 384 g/mol. The Balaban J connectivity index is 1.73. The van der Waals surface area contributed by atoms with Gasteiger partial charge in [-0.2, -0.15) is 4.68 Å². The van der Waals surface area contributed by atoms with E-state index in [1.807, 2.05) is 12.1 Å². The lowest BCUT2D eigenvalue weighted by atomic mass is 10.1. The first kappa shape index (κ1) is 19.0. The van der Waals surface area contributed by atoms with Crippen LogP contribution in [0.4, 0.5) is 0 Å². The Morgan fingerprint density at radius 2 is 2.04 bits per heavy atom. The van der Waals surface area contributed by atoms with Crippen LogP contribution in [0, 0.1) is 0 Å². The van der Waals surface area contributed by atoms with Crippen LogP contribution in [-0.2, 0) is 13.1 Å². The van der Waals surface area contributed by atoms with E-state index in [0.29, 0.717) is 22.8 Å². The van der Waals surface area contributed by atoms with E-state index in [9.17, 15) is 4.79 Å². The number of hydrogen-bond donors (Lipinski definition) is 1. The molecule has 140 valence electrons. The number of tetrazole rings is 1. The summed E-state index contributed by atoms with van der Waals surface area (Å²) in [5.41, 5.74) is 3.23. The van der Waals surface area contributed by atoms with Gasteiger partial charge < -0.3 is 10.2 Å². The number of carbonyl (C=O) groups is 1. The zero-order chi connectivity index (χ0) is 19.2. The number of carbonyl (C=O) groups excluding carboxylic acids is 1. The van der Waals surface area contributed by atoms with E-state index in [1.54, 1.807) is 18.2 Å². The van der Waals surface area contributed by atoms with Gasteiger partial charge >= 0.3 is 0 Å². The first-order chi connectivity index (χ1) is 13.1. The van der Waals surface area contributed by atoms with Crippen LogP contribution < -0.4 is 5.32 Å². The summed E-state index contributed by atoms with van der Waals surface area (Å²) in [5.74, 6) is -0.237. The zero-order valence-corrected chi connectivity index (χ0v) is 16.0. The molecule has 8 heteroatoms. The molecule has 27 heavy (non-hydrogen) atoms. The number of amides is 1. The molecule has 3 aromatic rings. The van der Waals surface area contributed by atoms with Crippen molar-refractivity contribution in [1.82, 2.24) is 30.4 Å². The summed E-state index contributed by atoms with van der Waals surface area (Å²) < 4.78 is 1.44. The summed E-state index contributed by atoms with van der Waals surface area (Å²) >= 11 is 6.08. The molecule has 0 saturated heterocycles. The van der Waals surface area contributed by atoms with Crippen LogP contribution in [0.3, 0.4) is 0 Å². The van der Waals surface area contributed by atoms with Crippen molar-refractivity contribution in [2.24, 2.45) is 0 Å². The fraction of sp³-hybridized carbons (Fsp3) is 0.263. The Morgan fingerprint density at radius 1 is 1.22 bits per heavy atom. The molecule has 0 radical (unpaired) electrons. The van der Waals surface area contributed by atoms with Gasteiger partial charge in [0.25, 0.3) is 5.91 Å². The number of halogens is 1. The molecule has 3 rings (SSSR count). The van der Waals surface area contributed by atoms with Gasteiger partial charge in [-0.15, -0.1) is 5.10 Å². The molecule has 2 aromatic carbocycles. The Morgan fingerprint density at radius 3 is 2.78 bits per heavy atom. The van der Waals surface area contributed by atoms with Crippen LogP contribution in [0.2, 0.25) is 5.02 Å². The third-order valence-electron chi connectivity index (χ3n) is 4.24. The Hall–Kier alpha value is -2.77. The van der Waals surface area contributed by atoms with Crippen molar-refractivity contribution in [2.75, 3.05) is 13.6 Å². The second-order valence-electron chi connectivity index (χ2n) is 6.25. The SMILES string of the molecule is CCN(C)Cc1cccc(CNC(=O)c2cc(Cl)ccc2-n2cnnn2)c1. The zero-order valence-electron chi connectivity index (χ0n) is 15.3. The van der Waals surface area contributed by atoms with Gasteiger partial charge in [-0.1, -0.05) is 42.8 Å². The van der Waals surface area contributed by atoms with Gasteiger partial charge in [-0.3, -0.25) is 4.79 Å². The smallest absolute Gasteiger partial charge is 0.253 e. The molecule has 1 heterocycles. The lowest BCUT2D eigenvalue weighted by Crippen LogP contribution is -2.24. The molecule has 0 unspecified atom stereocenters. The van der Waals surface area contributed by atoms with E-state index < -0.39 is 0 Å². The van der Waals surface area contributed by atoms with Gasteiger partial charge in [-0.05, 0) is 53.3 Å². The standard InChI is InChI=1S/C19H21ClN6O/c1-3-25(2)12-15-6-4-5-14(9-15)11-21-19(27)17-10-16(20)7-8-18(17)26-13-22-23-24-26/h4-10,13H,3,11-12H2,1-2H3,(H,21,27). The van der Waals surface area contributed by atoms with Crippen LogP contribution in [0.15, 0.2) is 48.8 Å². The Kier molecular flexibility index (Phi) is 6.16. The predicted octanol–water partition coefficient (Wildman–Crippen LogP) is 2.70. The van der Waals surface area contributed by atoms with E-state index >= 15 is 0 Å². The molecule has 1 aromatic heterocycles. The fourth-order valence-electron chi connectivity index (χ4n) is 2.70. The van der Waals surface area contributed by atoms with E-state index in [2.05, 4.69) is 51.8 Å². The molecule has 1 amide bonds. The largest absolute Gasteiger partial charge is 0.348 e. The highest BCUT2D eigenvalue weighted by atomic mass is 35.5. The second kappa shape index (κ2) is 8.75. The molecule has 0 aliphatic carbocycles. The van der Waals surface area contributed by atoms with Crippen LogP contribution in [-0.4, -0.2) is 44.6 Å². The third-order valence-corrected chi connectivity index (χ3v) is 4.47. The van der Waals surface area contributed by atoms with Crippen LogP contribution in [0.25, 0.3) is 5.69 Å². The van der Waals surface area contributed by atoms with Crippen molar-refractivity contribution < 1.29 is 4.79 Å². The Labute approximate surface area is 162 Å². The summed E-state index contributed by atoms with van der Waals surface area (Å²) in [5, 5.41) is 14.5. The molecule has 1 N–H and O–H groups in total. The van der Waals surface area contributed by atoms with Gasteiger partial charge in [0.2, 0.25) is 0 Å². The lowest BCUT2D eigenvalue weighted by molar-refractivity contribution is 0.0950. The van der Waals surface area contributed by atoms with E-state index in [-0.39, 0.29) is 5.91 Å². The number of nitrogens with one attached hydrogen (secondary N) is 1. The molecule has 0 spiro atoms. The first-order valence-corrected chi connectivity index (χ1v) is 9.02. The van der Waals surface area contributed by atoms with Gasteiger partial charge in [0.15, 0.2) is 0 Å². The molecule has 7 nitrogen and oxygen atoms in total. The quantitative estimate of drug-likeness (QED) is 0.677. The summed E-state index contributed by atoms with van der Waals surface area (Å²) in [6.07, 6.45) is 1.44. The van der Waals surface area contributed by atoms with E-state index in [1.165, 1.54) is 16.6 Å². The molecule has 0 fully saturated rings. The number of hydrogen-bond acceptors (Lipinski definition) is 5. The van der Waals surface area contributed by atoms with Gasteiger partial charge in [0, 0.05) is 18.1 Å². The normalized spacial score (nSPS) is 11.0. The summed E-state index contributed by atoms with van der Waals surface area (Å²) in [6, 6.07) is 13.2. The number of aromatic nitrogens is 4. The lowest BCUT2D eigenvalue weighted by Gasteiger charge is -2.15. The van der Waals surface area contributed by atoms with E-state index in [4.69, 9.17) is 11.6 Å². The number of rotatable bonds is 7. The number of nitrogens with zero attached hydrogens (tertiary/aromatic N) is 5. The van der Waals surface area contributed by atoms with Crippen LogP contribution >= 0.6 is 11.6 Å². The van der Waals surface area contributed by atoms with Crippen LogP contribution in [0.1, 0.15) is 28.4 Å². The minimum absolute atomic E-state index is 0.237. The minimum Gasteiger partial charge on any atom is -0.348 e. The fourth-order valence-corrected chi connectivity index (χ4v) is 2.87. The van der Waals surface area contributed by atoms with Gasteiger partial charge in [0.05, 0.1) is 11.3 Å². The molecular weight excluding hydrogens is 364 g/mol. The summed E-state index contributed by atoms with van der Waals surface area (Å²) in [4.78, 5) is 15.0. The van der Waals surface area contributed by atoms with Gasteiger partial charge in [0.1, 0.15) is 6.33 Å². The maximum Gasteiger partial charge on any atom is 0.253 e. The minimum atomic E-state index is -0.237. The summed E-state index contributed by atoms with van der Waals surface area (Å²) in [7, 11) is 2.08. The second-order valence-corrected chi connectivity index (χ2v) is 6.69. The predicted molar refractivity (Wildman–Crippen MR) is 104 cm³/mol. The maximum atomic E-state index is 12.7. The molecule has 0 aliphatic heterocycles. The van der Waals surface area contributed by atoms with E-state index in [0.717, 1.165) is 18.7 Å². The average molecular weight is 385 g/mol. The topological polar surface area (TPSA) is 75.9 Å². The average Bonchev–Trinajstić information content (AvgIpc) is 3.20.